The van der Waals surface area contributed by atoms with Crippen molar-refractivity contribution >= 4 is 5.91 Å². The van der Waals surface area contributed by atoms with E-state index in [1.165, 1.54) is 0 Å². The first-order chi connectivity index (χ1) is 6.79. The van der Waals surface area contributed by atoms with Crippen molar-refractivity contribution in [3.05, 3.63) is 0 Å². The number of nitrogens with zero attached hydrogens (tertiary/aromatic N) is 2. The molecule has 0 aromatic heterocycles. The lowest BCUT2D eigenvalue weighted by Crippen LogP contribution is -2.51. The SMILES string of the molecule is CC(C)CN1C(=O)CCN1CC(C)(C)N. The Kier molecular flexibility index (Phi) is 3.73. The van der Waals surface area contributed by atoms with Gasteiger partial charge in [0.1, 0.15) is 0 Å². The number of hydrogen-bond acceptors (Lipinski definition) is 3. The van der Waals surface area contributed by atoms with Gasteiger partial charge in [0.2, 0.25) is 5.91 Å². The fourth-order valence-corrected chi connectivity index (χ4v) is 1.83. The smallest absolute Gasteiger partial charge is 0.238 e. The van der Waals surface area contributed by atoms with E-state index in [9.17, 15) is 4.79 Å². The largest absolute Gasteiger partial charge is 0.324 e. The third-order valence-corrected chi connectivity index (χ3v) is 2.34. The van der Waals surface area contributed by atoms with Crippen LogP contribution >= 0.6 is 0 Å². The molecule has 4 nitrogen and oxygen atoms in total. The van der Waals surface area contributed by atoms with Crippen molar-refractivity contribution in [2.24, 2.45) is 11.7 Å². The van der Waals surface area contributed by atoms with Gasteiger partial charge in [-0.3, -0.25) is 9.80 Å². The summed E-state index contributed by atoms with van der Waals surface area (Å²) in [6.07, 6.45) is 0.628. The van der Waals surface area contributed by atoms with Crippen molar-refractivity contribution in [3.8, 4) is 0 Å². The van der Waals surface area contributed by atoms with Crippen molar-refractivity contribution in [2.45, 2.75) is 39.7 Å². The van der Waals surface area contributed by atoms with Crippen molar-refractivity contribution in [2.75, 3.05) is 19.6 Å². The van der Waals surface area contributed by atoms with Crippen molar-refractivity contribution in [1.29, 1.82) is 0 Å². The molecule has 15 heavy (non-hydrogen) atoms. The highest BCUT2D eigenvalue weighted by Crippen LogP contribution is 2.16. The second kappa shape index (κ2) is 4.49. The molecule has 0 radical (unpaired) electrons. The summed E-state index contributed by atoms with van der Waals surface area (Å²) in [5, 5.41) is 3.95. The maximum atomic E-state index is 11.6. The molecule has 1 fully saturated rings. The first-order valence-corrected chi connectivity index (χ1v) is 5.64. The van der Waals surface area contributed by atoms with Crippen LogP contribution < -0.4 is 5.73 Å². The Labute approximate surface area is 92.4 Å². The standard InChI is InChI=1S/C11H23N3O/c1-9(2)7-14-10(15)5-6-13(14)8-11(3,4)12/h9H,5-8,12H2,1-4H3. The normalized spacial score (nSPS) is 19.3. The van der Waals surface area contributed by atoms with Gasteiger partial charge in [0.25, 0.3) is 0 Å². The van der Waals surface area contributed by atoms with Gasteiger partial charge < -0.3 is 5.73 Å². The molecule has 0 spiro atoms. The molecule has 1 aliphatic heterocycles. The van der Waals surface area contributed by atoms with Crippen LogP contribution in [0.15, 0.2) is 0 Å². The molecule has 0 aromatic rings. The zero-order valence-corrected chi connectivity index (χ0v) is 10.3. The number of rotatable bonds is 4. The number of hydrazine groups is 1. The molecule has 0 bridgehead atoms. The molecule has 0 aliphatic carbocycles. The van der Waals surface area contributed by atoms with Crippen LogP contribution in [0.25, 0.3) is 0 Å². The first-order valence-electron chi connectivity index (χ1n) is 5.64. The van der Waals surface area contributed by atoms with Gasteiger partial charge in [-0.2, -0.15) is 0 Å². The van der Waals surface area contributed by atoms with E-state index in [2.05, 4.69) is 18.9 Å². The summed E-state index contributed by atoms with van der Waals surface area (Å²) in [7, 11) is 0. The minimum atomic E-state index is -0.250. The summed E-state index contributed by atoms with van der Waals surface area (Å²) in [6, 6.07) is 0. The Bertz CT molecular complexity index is 232. The third kappa shape index (κ3) is 3.80. The predicted molar refractivity (Wildman–Crippen MR) is 61.0 cm³/mol. The van der Waals surface area contributed by atoms with Crippen LogP contribution in [0.1, 0.15) is 34.1 Å². The molecule has 1 saturated heterocycles. The Balaban J connectivity index is 2.60. The van der Waals surface area contributed by atoms with Crippen molar-refractivity contribution < 1.29 is 4.79 Å². The number of carbonyl (C=O) groups is 1. The lowest BCUT2D eigenvalue weighted by molar-refractivity contribution is -0.139. The summed E-state index contributed by atoms with van der Waals surface area (Å²) in [5.41, 5.74) is 5.72. The Hall–Kier alpha value is -0.610. The molecule has 0 aromatic carbocycles. The zero-order chi connectivity index (χ0) is 11.6. The minimum absolute atomic E-state index is 0.230. The highest BCUT2D eigenvalue weighted by Gasteiger charge is 2.31. The monoisotopic (exact) mass is 213 g/mol. The molecule has 0 saturated carbocycles. The molecular formula is C11H23N3O. The molecule has 2 N–H and O–H groups in total. The van der Waals surface area contributed by atoms with E-state index >= 15 is 0 Å². The predicted octanol–water partition coefficient (Wildman–Crippen LogP) is 0.829. The van der Waals surface area contributed by atoms with Gasteiger partial charge in [-0.05, 0) is 19.8 Å². The fraction of sp³-hybridized carbons (Fsp3) is 0.909. The number of amides is 1. The molecule has 1 aliphatic rings. The molecule has 0 unspecified atom stereocenters. The lowest BCUT2D eigenvalue weighted by Gasteiger charge is -2.34. The maximum absolute atomic E-state index is 11.6. The average molecular weight is 213 g/mol. The van der Waals surface area contributed by atoms with E-state index in [-0.39, 0.29) is 11.4 Å². The van der Waals surface area contributed by atoms with E-state index < -0.39 is 0 Å². The Morgan fingerprint density at radius 1 is 1.47 bits per heavy atom. The van der Waals surface area contributed by atoms with Gasteiger partial charge in [-0.25, -0.2) is 5.01 Å². The third-order valence-electron chi connectivity index (χ3n) is 2.34. The van der Waals surface area contributed by atoms with Gasteiger partial charge in [-0.1, -0.05) is 13.8 Å². The van der Waals surface area contributed by atoms with Crippen LogP contribution in [-0.2, 0) is 4.79 Å². The van der Waals surface area contributed by atoms with E-state index in [1.54, 1.807) is 0 Å². The molecule has 4 heteroatoms. The minimum Gasteiger partial charge on any atom is -0.324 e. The average Bonchev–Trinajstić information content (AvgIpc) is 2.32. The van der Waals surface area contributed by atoms with Crippen LogP contribution in [0, 0.1) is 5.92 Å². The second-order valence-electron chi connectivity index (χ2n) is 5.50. The summed E-state index contributed by atoms with van der Waals surface area (Å²) in [4.78, 5) is 11.6. The summed E-state index contributed by atoms with van der Waals surface area (Å²) in [5.74, 6) is 0.725. The van der Waals surface area contributed by atoms with Crippen LogP contribution in [0.3, 0.4) is 0 Å². The van der Waals surface area contributed by atoms with Crippen molar-refractivity contribution in [1.82, 2.24) is 10.0 Å². The molecule has 1 amide bonds. The number of nitrogens with two attached hydrogens (primary N) is 1. The second-order valence-corrected chi connectivity index (χ2v) is 5.50. The Morgan fingerprint density at radius 2 is 2.07 bits per heavy atom. The highest BCUT2D eigenvalue weighted by atomic mass is 16.2. The summed E-state index contributed by atoms with van der Waals surface area (Å²) < 4.78 is 0. The van der Waals surface area contributed by atoms with Crippen LogP contribution in [0.4, 0.5) is 0 Å². The molecule has 1 rings (SSSR count). The van der Waals surface area contributed by atoms with Crippen LogP contribution in [0.5, 0.6) is 0 Å². The Morgan fingerprint density at radius 3 is 2.53 bits per heavy atom. The van der Waals surface area contributed by atoms with Gasteiger partial charge in [-0.15, -0.1) is 0 Å². The molecular weight excluding hydrogens is 190 g/mol. The van der Waals surface area contributed by atoms with E-state index in [0.29, 0.717) is 12.3 Å². The summed E-state index contributed by atoms with van der Waals surface area (Å²) >= 11 is 0. The molecule has 1 heterocycles. The van der Waals surface area contributed by atoms with Crippen LogP contribution in [0.2, 0.25) is 0 Å². The lowest BCUT2D eigenvalue weighted by atomic mass is 10.1. The molecule has 88 valence electrons. The van der Waals surface area contributed by atoms with E-state index in [0.717, 1.165) is 19.6 Å². The van der Waals surface area contributed by atoms with Gasteiger partial charge in [0.15, 0.2) is 0 Å². The summed E-state index contributed by atoms with van der Waals surface area (Å²) in [6.45, 7) is 10.6. The number of hydrogen-bond donors (Lipinski definition) is 1. The van der Waals surface area contributed by atoms with Gasteiger partial charge in [0.05, 0.1) is 0 Å². The quantitative estimate of drug-likeness (QED) is 0.752. The van der Waals surface area contributed by atoms with E-state index in [4.69, 9.17) is 5.73 Å². The van der Waals surface area contributed by atoms with Crippen molar-refractivity contribution in [3.63, 3.8) is 0 Å². The van der Waals surface area contributed by atoms with Gasteiger partial charge >= 0.3 is 0 Å². The molecule has 0 atom stereocenters. The first kappa shape index (κ1) is 12.5. The maximum Gasteiger partial charge on any atom is 0.238 e. The zero-order valence-electron chi connectivity index (χ0n) is 10.3. The topological polar surface area (TPSA) is 49.6 Å². The fourth-order valence-electron chi connectivity index (χ4n) is 1.83. The van der Waals surface area contributed by atoms with Crippen LogP contribution in [-0.4, -0.2) is 41.1 Å². The van der Waals surface area contributed by atoms with E-state index in [1.807, 2.05) is 18.9 Å². The highest BCUT2D eigenvalue weighted by molar-refractivity contribution is 5.77. The number of carbonyl (C=O) groups excluding carboxylic acids is 1. The van der Waals surface area contributed by atoms with Gasteiger partial charge in [0, 0.05) is 31.6 Å².